The fraction of sp³-hybridized carbons (Fsp3) is 0.148. The zero-order valence-corrected chi connectivity index (χ0v) is 19.0. The molecule has 4 rings (SSSR count). The van der Waals surface area contributed by atoms with Crippen molar-refractivity contribution in [3.05, 3.63) is 112 Å². The van der Waals surface area contributed by atoms with E-state index in [9.17, 15) is 14.9 Å². The van der Waals surface area contributed by atoms with Gasteiger partial charge in [-0.3, -0.25) is 14.5 Å². The van der Waals surface area contributed by atoms with Gasteiger partial charge in [0.05, 0.1) is 5.25 Å². The molecule has 1 atom stereocenters. The molecule has 0 aliphatic carbocycles. The molecule has 0 spiro atoms. The quantitative estimate of drug-likeness (QED) is 0.432. The molecule has 5 nitrogen and oxygen atoms in total. The van der Waals surface area contributed by atoms with Gasteiger partial charge in [0.2, 0.25) is 5.91 Å². The van der Waals surface area contributed by atoms with Crippen LogP contribution in [0.2, 0.25) is 0 Å². The van der Waals surface area contributed by atoms with Gasteiger partial charge in [0, 0.05) is 12.2 Å². The predicted octanol–water partition coefficient (Wildman–Crippen LogP) is 4.74. The number of anilines is 1. The fourth-order valence-corrected chi connectivity index (χ4v) is 4.92. The summed E-state index contributed by atoms with van der Waals surface area (Å²) in [4.78, 5) is 28.0. The van der Waals surface area contributed by atoms with Crippen LogP contribution in [0.5, 0.6) is 0 Å². The first-order valence-corrected chi connectivity index (χ1v) is 11.5. The van der Waals surface area contributed by atoms with Gasteiger partial charge in [0.15, 0.2) is 0 Å². The second kappa shape index (κ2) is 10.2. The Balaban J connectivity index is 1.67. The molecule has 33 heavy (non-hydrogen) atoms. The minimum absolute atomic E-state index is 0.0552. The van der Waals surface area contributed by atoms with E-state index in [4.69, 9.17) is 0 Å². The van der Waals surface area contributed by atoms with Gasteiger partial charge in [-0.05, 0) is 36.6 Å². The number of nitrogens with zero attached hydrogens (tertiary/aromatic N) is 2. The third kappa shape index (κ3) is 5.16. The van der Waals surface area contributed by atoms with Crippen molar-refractivity contribution in [2.45, 2.75) is 25.1 Å². The third-order valence-corrected chi connectivity index (χ3v) is 6.62. The number of aryl methyl sites for hydroxylation is 1. The summed E-state index contributed by atoms with van der Waals surface area (Å²) >= 11 is 1.28. The van der Waals surface area contributed by atoms with Crippen molar-refractivity contribution in [2.24, 2.45) is 0 Å². The van der Waals surface area contributed by atoms with E-state index in [-0.39, 0.29) is 11.5 Å². The lowest BCUT2D eigenvalue weighted by Gasteiger charge is -2.19. The van der Waals surface area contributed by atoms with E-state index >= 15 is 0 Å². The smallest absolute Gasteiger partial charge is 0.264 e. The molecule has 0 saturated carbocycles. The van der Waals surface area contributed by atoms with Crippen LogP contribution in [0, 0.1) is 18.3 Å². The average Bonchev–Trinajstić information content (AvgIpc) is 3.15. The Morgan fingerprint density at radius 2 is 1.58 bits per heavy atom. The number of thioether (sulfide) groups is 1. The number of carbonyl (C=O) groups excluding carboxylic acids is 2. The fourth-order valence-electron chi connectivity index (χ4n) is 3.61. The van der Waals surface area contributed by atoms with Gasteiger partial charge < -0.3 is 5.32 Å². The molecule has 164 valence electrons. The Bertz CT molecular complexity index is 1220. The summed E-state index contributed by atoms with van der Waals surface area (Å²) in [5.41, 5.74) is 3.61. The monoisotopic (exact) mass is 453 g/mol. The SMILES string of the molecule is Cc1ccc(N2C(=O)C(Cc3ccccc3)SC2=C(C#N)C(=O)NCc2ccccc2)cc1. The van der Waals surface area contributed by atoms with Crippen molar-refractivity contribution >= 4 is 29.3 Å². The Kier molecular flexibility index (Phi) is 6.92. The molecule has 3 aromatic carbocycles. The molecule has 6 heteroatoms. The average molecular weight is 454 g/mol. The van der Waals surface area contributed by atoms with Gasteiger partial charge in [-0.2, -0.15) is 5.26 Å². The van der Waals surface area contributed by atoms with Crippen LogP contribution in [0.3, 0.4) is 0 Å². The largest absolute Gasteiger partial charge is 0.347 e. The topological polar surface area (TPSA) is 73.2 Å². The summed E-state index contributed by atoms with van der Waals surface area (Å²) in [5, 5.41) is 12.7. The van der Waals surface area contributed by atoms with Crippen molar-refractivity contribution in [2.75, 3.05) is 4.90 Å². The van der Waals surface area contributed by atoms with E-state index in [1.807, 2.05) is 97.9 Å². The van der Waals surface area contributed by atoms with E-state index in [2.05, 4.69) is 5.32 Å². The molecule has 1 unspecified atom stereocenters. The van der Waals surface area contributed by atoms with Gasteiger partial charge in [0.1, 0.15) is 16.7 Å². The Morgan fingerprint density at radius 3 is 2.18 bits per heavy atom. The zero-order chi connectivity index (χ0) is 23.2. The van der Waals surface area contributed by atoms with E-state index in [0.717, 1.165) is 16.7 Å². The second-order valence-electron chi connectivity index (χ2n) is 7.77. The molecule has 1 heterocycles. The number of rotatable bonds is 6. The summed E-state index contributed by atoms with van der Waals surface area (Å²) in [7, 11) is 0. The van der Waals surface area contributed by atoms with Crippen molar-refractivity contribution in [1.29, 1.82) is 5.26 Å². The highest BCUT2D eigenvalue weighted by Gasteiger charge is 2.40. The normalized spacial score (nSPS) is 16.9. The lowest BCUT2D eigenvalue weighted by Crippen LogP contribution is -2.32. The maximum Gasteiger partial charge on any atom is 0.264 e. The van der Waals surface area contributed by atoms with Gasteiger partial charge in [0.25, 0.3) is 5.91 Å². The second-order valence-corrected chi connectivity index (χ2v) is 8.96. The van der Waals surface area contributed by atoms with Crippen LogP contribution in [0.4, 0.5) is 5.69 Å². The van der Waals surface area contributed by atoms with Gasteiger partial charge in [-0.1, -0.05) is 90.1 Å². The van der Waals surface area contributed by atoms with Crippen molar-refractivity contribution in [1.82, 2.24) is 5.32 Å². The van der Waals surface area contributed by atoms with Crippen LogP contribution >= 0.6 is 11.8 Å². The molecule has 1 N–H and O–H groups in total. The van der Waals surface area contributed by atoms with Crippen LogP contribution in [0.25, 0.3) is 0 Å². The maximum atomic E-state index is 13.5. The molecule has 3 aromatic rings. The molecule has 2 amide bonds. The van der Waals surface area contributed by atoms with Crippen molar-refractivity contribution < 1.29 is 9.59 Å². The summed E-state index contributed by atoms with van der Waals surface area (Å²) < 4.78 is 0. The maximum absolute atomic E-state index is 13.5. The van der Waals surface area contributed by atoms with Crippen LogP contribution in [0.1, 0.15) is 16.7 Å². The molecule has 0 bridgehead atoms. The molecule has 1 aliphatic heterocycles. The van der Waals surface area contributed by atoms with Crippen molar-refractivity contribution in [3.63, 3.8) is 0 Å². The molecule has 0 aromatic heterocycles. The standard InChI is InChI=1S/C27H23N3O2S/c1-19-12-14-22(15-13-19)30-26(32)24(16-20-8-4-2-5-9-20)33-27(30)23(17-28)25(31)29-18-21-10-6-3-7-11-21/h2-15,24H,16,18H2,1H3,(H,29,31). The number of amides is 2. The highest BCUT2D eigenvalue weighted by atomic mass is 32.2. The molecule has 0 radical (unpaired) electrons. The first-order chi connectivity index (χ1) is 16.1. The van der Waals surface area contributed by atoms with Crippen LogP contribution in [0.15, 0.2) is 95.5 Å². The molecule has 1 aliphatic rings. The number of carbonyl (C=O) groups is 2. The molecular formula is C27H23N3O2S. The highest BCUT2D eigenvalue weighted by molar-refractivity contribution is 8.05. The first-order valence-electron chi connectivity index (χ1n) is 10.6. The Morgan fingerprint density at radius 1 is 0.970 bits per heavy atom. The lowest BCUT2D eigenvalue weighted by atomic mass is 10.1. The van der Waals surface area contributed by atoms with E-state index in [0.29, 0.717) is 23.7 Å². The summed E-state index contributed by atoms with van der Waals surface area (Å²) in [5.74, 6) is -0.625. The van der Waals surface area contributed by atoms with Gasteiger partial charge in [-0.25, -0.2) is 0 Å². The van der Waals surface area contributed by atoms with Gasteiger partial charge >= 0.3 is 0 Å². The van der Waals surface area contributed by atoms with E-state index in [1.54, 1.807) is 0 Å². The zero-order valence-electron chi connectivity index (χ0n) is 18.2. The molecule has 1 saturated heterocycles. The van der Waals surface area contributed by atoms with E-state index in [1.165, 1.54) is 16.7 Å². The minimum atomic E-state index is -0.492. The van der Waals surface area contributed by atoms with Crippen LogP contribution < -0.4 is 10.2 Å². The van der Waals surface area contributed by atoms with Gasteiger partial charge in [-0.15, -0.1) is 0 Å². The lowest BCUT2D eigenvalue weighted by molar-refractivity contribution is -0.117. The number of hydrogen-bond donors (Lipinski definition) is 1. The molecule has 1 fully saturated rings. The molecular weight excluding hydrogens is 430 g/mol. The third-order valence-electron chi connectivity index (χ3n) is 5.36. The summed E-state index contributed by atoms with van der Waals surface area (Å²) in [6.45, 7) is 2.27. The van der Waals surface area contributed by atoms with Crippen molar-refractivity contribution in [3.8, 4) is 6.07 Å². The van der Waals surface area contributed by atoms with Crippen LogP contribution in [-0.2, 0) is 22.6 Å². The summed E-state index contributed by atoms with van der Waals surface area (Å²) in [6, 6.07) is 28.8. The predicted molar refractivity (Wildman–Crippen MR) is 131 cm³/mol. The highest BCUT2D eigenvalue weighted by Crippen LogP contribution is 2.41. The number of benzene rings is 3. The number of nitriles is 1. The van der Waals surface area contributed by atoms with E-state index < -0.39 is 11.2 Å². The number of nitrogens with one attached hydrogen (secondary N) is 1. The van der Waals surface area contributed by atoms with Crippen LogP contribution in [-0.4, -0.2) is 17.1 Å². The first kappa shape index (κ1) is 22.4. The number of hydrogen-bond acceptors (Lipinski definition) is 4. The Hall–Kier alpha value is -3.82. The Labute approximate surface area is 197 Å². The minimum Gasteiger partial charge on any atom is -0.347 e. The summed E-state index contributed by atoms with van der Waals surface area (Å²) in [6.07, 6.45) is 0.514.